The fourth-order valence-electron chi connectivity index (χ4n) is 2.48. The number of rotatable bonds is 7. The summed E-state index contributed by atoms with van der Waals surface area (Å²) < 4.78 is 11.0. The highest BCUT2D eigenvalue weighted by atomic mass is 16.5. The maximum absolute atomic E-state index is 5.52. The average molecular weight is 281 g/mol. The third-order valence-electron chi connectivity index (χ3n) is 3.65. The summed E-state index contributed by atoms with van der Waals surface area (Å²) in [6.07, 6.45) is 1.11. The Morgan fingerprint density at radius 2 is 2.35 bits per heavy atom. The van der Waals surface area contributed by atoms with Crippen molar-refractivity contribution in [3.8, 4) is 0 Å². The van der Waals surface area contributed by atoms with Crippen molar-refractivity contribution in [1.82, 2.24) is 15.4 Å². The second-order valence-electron chi connectivity index (χ2n) is 5.92. The normalized spacial score (nSPS) is 20.7. The van der Waals surface area contributed by atoms with Crippen LogP contribution in [0.5, 0.6) is 0 Å². The number of ether oxygens (including phenoxy) is 1. The summed E-state index contributed by atoms with van der Waals surface area (Å²) in [5.41, 5.74) is 0.988. The summed E-state index contributed by atoms with van der Waals surface area (Å²) in [6.45, 7) is 11.8. The van der Waals surface area contributed by atoms with E-state index in [9.17, 15) is 0 Å². The summed E-state index contributed by atoms with van der Waals surface area (Å²) in [7, 11) is 0. The molecule has 0 aliphatic carbocycles. The molecule has 2 heterocycles. The predicted molar refractivity (Wildman–Crippen MR) is 78.4 cm³/mol. The van der Waals surface area contributed by atoms with E-state index in [2.05, 4.69) is 42.2 Å². The smallest absolute Gasteiger partial charge is 0.151 e. The largest absolute Gasteiger partial charge is 0.378 e. The van der Waals surface area contributed by atoms with Gasteiger partial charge in [0.05, 0.1) is 25.5 Å². The van der Waals surface area contributed by atoms with Crippen LogP contribution in [0.2, 0.25) is 0 Å². The number of hydrogen-bond donors (Lipinski definition) is 1. The molecule has 0 aromatic carbocycles. The molecule has 0 radical (unpaired) electrons. The van der Waals surface area contributed by atoms with Gasteiger partial charge in [-0.05, 0) is 18.9 Å². The monoisotopic (exact) mass is 281 g/mol. The van der Waals surface area contributed by atoms with E-state index in [0.717, 1.165) is 57.3 Å². The van der Waals surface area contributed by atoms with E-state index >= 15 is 0 Å². The van der Waals surface area contributed by atoms with Crippen LogP contribution in [-0.4, -0.2) is 42.4 Å². The molecule has 0 bridgehead atoms. The van der Waals surface area contributed by atoms with Gasteiger partial charge in [0.15, 0.2) is 5.76 Å². The van der Waals surface area contributed by atoms with Gasteiger partial charge in [-0.1, -0.05) is 25.9 Å². The molecular formula is C15H27N3O2. The SMILES string of the molecule is CCC1COCCN1Cc1cc(CNCC(C)C)no1. The minimum atomic E-state index is 0.497. The molecule has 5 heteroatoms. The van der Waals surface area contributed by atoms with Crippen LogP contribution in [0.25, 0.3) is 0 Å². The number of nitrogens with zero attached hydrogens (tertiary/aromatic N) is 2. The van der Waals surface area contributed by atoms with Crippen molar-refractivity contribution in [3.05, 3.63) is 17.5 Å². The van der Waals surface area contributed by atoms with Crippen LogP contribution in [0.1, 0.15) is 38.6 Å². The van der Waals surface area contributed by atoms with E-state index in [1.807, 2.05) is 0 Å². The molecule has 0 amide bonds. The van der Waals surface area contributed by atoms with Crippen molar-refractivity contribution >= 4 is 0 Å². The number of hydrogen-bond acceptors (Lipinski definition) is 5. The summed E-state index contributed by atoms with van der Waals surface area (Å²) in [4.78, 5) is 2.43. The van der Waals surface area contributed by atoms with Gasteiger partial charge in [-0.25, -0.2) is 0 Å². The van der Waals surface area contributed by atoms with Gasteiger partial charge in [-0.3, -0.25) is 4.90 Å². The highest BCUT2D eigenvalue weighted by Gasteiger charge is 2.22. The second kappa shape index (κ2) is 7.76. The van der Waals surface area contributed by atoms with E-state index in [1.165, 1.54) is 0 Å². The molecule has 0 spiro atoms. The van der Waals surface area contributed by atoms with E-state index in [-0.39, 0.29) is 0 Å². The predicted octanol–water partition coefficient (Wildman–Crippen LogP) is 2.03. The van der Waals surface area contributed by atoms with Crippen molar-refractivity contribution in [2.45, 2.75) is 46.3 Å². The summed E-state index contributed by atoms with van der Waals surface area (Å²) in [6, 6.07) is 2.56. The third kappa shape index (κ3) is 4.58. The molecule has 1 aromatic heterocycles. The Kier molecular flexibility index (Phi) is 6.01. The molecule has 1 aliphatic rings. The second-order valence-corrected chi connectivity index (χ2v) is 5.92. The van der Waals surface area contributed by atoms with Crippen LogP contribution < -0.4 is 5.32 Å². The zero-order valence-electron chi connectivity index (χ0n) is 12.9. The molecule has 0 saturated carbocycles. The molecule has 1 saturated heterocycles. The van der Waals surface area contributed by atoms with Crippen LogP contribution in [0.3, 0.4) is 0 Å². The summed E-state index contributed by atoms with van der Waals surface area (Å²) in [5, 5.41) is 7.52. The zero-order chi connectivity index (χ0) is 14.4. The summed E-state index contributed by atoms with van der Waals surface area (Å²) in [5.74, 6) is 1.60. The first-order valence-corrected chi connectivity index (χ1v) is 7.66. The lowest BCUT2D eigenvalue weighted by atomic mass is 10.1. The van der Waals surface area contributed by atoms with Crippen LogP contribution in [0.4, 0.5) is 0 Å². The molecule has 114 valence electrons. The third-order valence-corrected chi connectivity index (χ3v) is 3.65. The van der Waals surface area contributed by atoms with E-state index in [1.54, 1.807) is 0 Å². The number of morpholine rings is 1. The molecule has 1 aromatic rings. The van der Waals surface area contributed by atoms with Gasteiger partial charge in [-0.15, -0.1) is 0 Å². The van der Waals surface area contributed by atoms with E-state index < -0.39 is 0 Å². The zero-order valence-corrected chi connectivity index (χ0v) is 12.9. The van der Waals surface area contributed by atoms with E-state index in [0.29, 0.717) is 12.0 Å². The molecule has 1 aliphatic heterocycles. The Hall–Kier alpha value is -0.910. The Labute approximate surface area is 121 Å². The lowest BCUT2D eigenvalue weighted by Gasteiger charge is -2.34. The fourth-order valence-corrected chi connectivity index (χ4v) is 2.48. The maximum Gasteiger partial charge on any atom is 0.151 e. The van der Waals surface area contributed by atoms with Gasteiger partial charge < -0.3 is 14.6 Å². The molecule has 1 fully saturated rings. The lowest BCUT2D eigenvalue weighted by Crippen LogP contribution is -2.44. The quantitative estimate of drug-likeness (QED) is 0.829. The van der Waals surface area contributed by atoms with Gasteiger partial charge >= 0.3 is 0 Å². The molecule has 1 atom stereocenters. The van der Waals surface area contributed by atoms with Crippen LogP contribution in [0.15, 0.2) is 10.6 Å². The Balaban J connectivity index is 1.82. The van der Waals surface area contributed by atoms with Crippen molar-refractivity contribution in [1.29, 1.82) is 0 Å². The van der Waals surface area contributed by atoms with Crippen LogP contribution in [0, 0.1) is 5.92 Å². The van der Waals surface area contributed by atoms with Crippen molar-refractivity contribution in [3.63, 3.8) is 0 Å². The van der Waals surface area contributed by atoms with Crippen LogP contribution >= 0.6 is 0 Å². The molecule has 2 rings (SSSR count). The van der Waals surface area contributed by atoms with Gasteiger partial charge in [-0.2, -0.15) is 0 Å². The Morgan fingerprint density at radius 1 is 1.50 bits per heavy atom. The maximum atomic E-state index is 5.52. The van der Waals surface area contributed by atoms with Crippen molar-refractivity contribution < 1.29 is 9.26 Å². The van der Waals surface area contributed by atoms with Crippen molar-refractivity contribution in [2.24, 2.45) is 5.92 Å². The molecule has 20 heavy (non-hydrogen) atoms. The lowest BCUT2D eigenvalue weighted by molar-refractivity contribution is -0.0160. The average Bonchev–Trinajstić information content (AvgIpc) is 2.86. The topological polar surface area (TPSA) is 50.5 Å². The first-order valence-electron chi connectivity index (χ1n) is 7.66. The highest BCUT2D eigenvalue weighted by Crippen LogP contribution is 2.15. The Morgan fingerprint density at radius 3 is 3.10 bits per heavy atom. The molecule has 5 nitrogen and oxygen atoms in total. The van der Waals surface area contributed by atoms with Gasteiger partial charge in [0, 0.05) is 25.2 Å². The minimum absolute atomic E-state index is 0.497. The van der Waals surface area contributed by atoms with Gasteiger partial charge in [0.2, 0.25) is 0 Å². The van der Waals surface area contributed by atoms with Gasteiger partial charge in [0.1, 0.15) is 0 Å². The molecule has 1 N–H and O–H groups in total. The van der Waals surface area contributed by atoms with E-state index in [4.69, 9.17) is 9.26 Å². The van der Waals surface area contributed by atoms with Crippen LogP contribution in [-0.2, 0) is 17.8 Å². The highest BCUT2D eigenvalue weighted by molar-refractivity contribution is 5.05. The Bertz CT molecular complexity index is 392. The minimum Gasteiger partial charge on any atom is -0.378 e. The number of nitrogens with one attached hydrogen (secondary N) is 1. The van der Waals surface area contributed by atoms with Gasteiger partial charge in [0.25, 0.3) is 0 Å². The molecular weight excluding hydrogens is 254 g/mol. The first kappa shape index (κ1) is 15.5. The molecule has 1 unspecified atom stereocenters. The first-order chi connectivity index (χ1) is 9.69. The summed E-state index contributed by atoms with van der Waals surface area (Å²) >= 11 is 0. The standard InChI is InChI=1S/C15H27N3O2/c1-4-14-11-19-6-5-18(14)10-15-7-13(17-20-15)9-16-8-12(2)3/h7,12,14,16H,4-6,8-11H2,1-3H3. The fraction of sp³-hybridized carbons (Fsp3) is 0.800. The van der Waals surface area contributed by atoms with Crippen molar-refractivity contribution in [2.75, 3.05) is 26.3 Å². The number of aromatic nitrogens is 1.